The van der Waals surface area contributed by atoms with Gasteiger partial charge in [0.25, 0.3) is 0 Å². The molecule has 0 bridgehead atoms. The quantitative estimate of drug-likeness (QED) is 0.120. The second-order valence-electron chi connectivity index (χ2n) is 24.4. The monoisotopic (exact) mass is 999 g/mol. The molecule has 0 saturated carbocycles. The van der Waals surface area contributed by atoms with E-state index in [9.17, 15) is 10.2 Å². The van der Waals surface area contributed by atoms with Crippen LogP contribution in [0.25, 0.3) is 44.5 Å². The van der Waals surface area contributed by atoms with Gasteiger partial charge in [0, 0.05) is 0 Å². The number of benzene rings is 6. The van der Waals surface area contributed by atoms with E-state index in [2.05, 4.69) is 147 Å². The summed E-state index contributed by atoms with van der Waals surface area (Å²) in [6.07, 6.45) is 0. The van der Waals surface area contributed by atoms with Crippen LogP contribution < -0.4 is 9.47 Å². The molecule has 0 radical (unpaired) electrons. The van der Waals surface area contributed by atoms with Crippen LogP contribution in [0, 0.1) is 25.5 Å². The second-order valence-corrected chi connectivity index (χ2v) is 35.6. The number of halogens is 2. The Bertz CT molecular complexity index is 2590. The number of phenolic OH excluding ortho intramolecular Hbond substituents is 2. The van der Waals surface area contributed by atoms with Gasteiger partial charge < -0.3 is 0 Å². The number of hydrogen-bond donors (Lipinski definition) is 2. The van der Waals surface area contributed by atoms with Crippen molar-refractivity contribution in [2.24, 2.45) is 0 Å². The number of ether oxygens (including phenoxy) is 2. The number of hydrogen-bond acceptors (Lipinski definition) is 4. The zero-order valence-corrected chi connectivity index (χ0v) is 46.9. The van der Waals surface area contributed by atoms with Gasteiger partial charge in [-0.2, -0.15) is 0 Å². The van der Waals surface area contributed by atoms with E-state index in [1.165, 1.54) is 46.5 Å². The molecular weight excluding hydrogens is 919 g/mol. The van der Waals surface area contributed by atoms with Crippen LogP contribution in [0.2, 0.25) is 9.50 Å². The van der Waals surface area contributed by atoms with Crippen molar-refractivity contribution in [1.29, 1.82) is 0 Å². The summed E-state index contributed by atoms with van der Waals surface area (Å²) in [4.78, 5) is 0. The van der Waals surface area contributed by atoms with Gasteiger partial charge in [0.1, 0.15) is 0 Å². The topological polar surface area (TPSA) is 58.9 Å². The summed E-state index contributed by atoms with van der Waals surface area (Å²) in [5.41, 5.74) is 12.3. The molecule has 0 aliphatic carbocycles. The minimum absolute atomic E-state index is 0.101. The summed E-state index contributed by atoms with van der Waals surface area (Å²) in [6, 6.07) is 30.1. The minimum atomic E-state index is -3.39. The zero-order chi connectivity index (χ0) is 51.3. The Morgan fingerprint density at radius 2 is 0.710 bits per heavy atom. The maximum atomic E-state index is 15.4. The van der Waals surface area contributed by atoms with Crippen LogP contribution in [0.1, 0.15) is 144 Å². The van der Waals surface area contributed by atoms with E-state index in [-0.39, 0.29) is 42.7 Å². The third-order valence-corrected chi connectivity index (χ3v) is 26.7. The summed E-state index contributed by atoms with van der Waals surface area (Å²) in [7, 11) is 0. The van der Waals surface area contributed by atoms with Crippen LogP contribution in [-0.4, -0.2) is 34.4 Å². The zero-order valence-electron chi connectivity index (χ0n) is 44.8. The molecule has 69 heavy (non-hydrogen) atoms. The van der Waals surface area contributed by atoms with Gasteiger partial charge in [-0.25, -0.2) is 0 Å². The molecule has 0 aromatic heterocycles. The van der Waals surface area contributed by atoms with E-state index < -0.39 is 24.9 Å². The Morgan fingerprint density at radius 3 is 0.986 bits per heavy atom. The van der Waals surface area contributed by atoms with Gasteiger partial charge in [-0.15, -0.1) is 0 Å². The molecule has 0 atom stereocenters. The molecule has 0 fully saturated rings. The number of aryl methyl sites for hydroxylation is 2. The van der Waals surface area contributed by atoms with Gasteiger partial charge in [-0.1, -0.05) is 0 Å². The molecule has 0 amide bonds. The predicted octanol–water partition coefficient (Wildman–Crippen LogP) is 17.7. The molecule has 0 saturated heterocycles. The molecule has 2 N–H and O–H groups in total. The molecule has 0 unspecified atom stereocenters. The van der Waals surface area contributed by atoms with Crippen molar-refractivity contribution in [2.75, 3.05) is 10.9 Å². The standard InChI is InChI=1S/C62H78F2GeO4/c1-37(2)65(38(3)4,35-68-55-33-47(63)19-21-49(55)53-25-39(5)23-51(57(53)66)41-27-43(59(7,8)9)31-44(28-41)60(10,11)12)36-69-56-34-48(64)20-22-50(56)54-26-40(6)24-52(58(54)67)42-29-45(61(13,14)15)32-46(30-42)62(16,17)18/h19-34,37-38,66-67H,35-36H2,1-18H3. The first-order valence-electron chi connectivity index (χ1n) is 24.7. The Morgan fingerprint density at radius 1 is 0.420 bits per heavy atom. The van der Waals surface area contributed by atoms with Crippen LogP contribution in [0.5, 0.6) is 23.0 Å². The van der Waals surface area contributed by atoms with Crippen molar-refractivity contribution in [1.82, 2.24) is 0 Å². The van der Waals surface area contributed by atoms with Crippen molar-refractivity contribution >= 4 is 13.3 Å². The van der Waals surface area contributed by atoms with E-state index >= 15 is 8.78 Å². The van der Waals surface area contributed by atoms with E-state index in [0.29, 0.717) is 55.8 Å². The van der Waals surface area contributed by atoms with Gasteiger partial charge in [-0.3, -0.25) is 0 Å². The molecule has 0 spiro atoms. The molecule has 0 heterocycles. The molecule has 368 valence electrons. The van der Waals surface area contributed by atoms with Gasteiger partial charge in [0.2, 0.25) is 0 Å². The SMILES string of the molecule is Cc1cc(-c2cc(C(C)(C)C)cc(C(C)(C)C)c2)c(O)c(-c2ccc(F)cc2O[CH2][Ge]([CH2]Oc2cc(F)ccc2-c2cc(C)cc(-c3cc(C(C)(C)C)cc(C(C)(C)C)c3)c2O)([CH](C)C)[CH](C)C)c1. The van der Waals surface area contributed by atoms with Crippen LogP contribution in [0.15, 0.2) is 97.1 Å². The molecule has 6 rings (SSSR count). The number of rotatable bonds is 12. The second kappa shape index (κ2) is 19.6. The van der Waals surface area contributed by atoms with E-state index in [1.807, 2.05) is 38.1 Å². The van der Waals surface area contributed by atoms with Gasteiger partial charge in [0.05, 0.1) is 0 Å². The number of phenols is 2. The third-order valence-electron chi connectivity index (χ3n) is 14.2. The van der Waals surface area contributed by atoms with Crippen LogP contribution in [-0.2, 0) is 21.7 Å². The fourth-order valence-corrected chi connectivity index (χ4v) is 16.7. The average Bonchev–Trinajstić information content (AvgIpc) is 3.23. The van der Waals surface area contributed by atoms with Crippen molar-refractivity contribution in [3.8, 4) is 67.5 Å². The molecule has 0 aliphatic heterocycles. The van der Waals surface area contributed by atoms with Crippen LogP contribution >= 0.6 is 0 Å². The van der Waals surface area contributed by atoms with E-state index in [1.54, 1.807) is 12.1 Å². The predicted molar refractivity (Wildman–Crippen MR) is 289 cm³/mol. The number of aromatic hydroxyl groups is 2. The fourth-order valence-electron chi connectivity index (χ4n) is 9.18. The fraction of sp³-hybridized carbons (Fsp3) is 0.419. The van der Waals surface area contributed by atoms with Crippen molar-refractivity contribution < 1.29 is 28.5 Å². The Labute approximate surface area is 415 Å². The Hall–Kier alpha value is -5.08. The van der Waals surface area contributed by atoms with E-state index in [4.69, 9.17) is 9.47 Å². The summed E-state index contributed by atoms with van der Waals surface area (Å²) in [5.74, 6) is -0.0109. The molecule has 4 nitrogen and oxygen atoms in total. The Balaban J connectivity index is 1.40. The first-order valence-corrected chi connectivity index (χ1v) is 30.0. The van der Waals surface area contributed by atoms with Crippen molar-refractivity contribution in [2.45, 2.75) is 156 Å². The molecular formula is C62H78F2GeO4. The molecule has 7 heteroatoms. The van der Waals surface area contributed by atoms with Crippen molar-refractivity contribution in [3.05, 3.63) is 142 Å². The van der Waals surface area contributed by atoms with Gasteiger partial charge in [-0.05, 0) is 0 Å². The molecule has 0 aliphatic rings. The summed E-state index contributed by atoms with van der Waals surface area (Å²) >= 11 is -3.39. The van der Waals surface area contributed by atoms with Gasteiger partial charge in [0.15, 0.2) is 0 Å². The first kappa shape index (κ1) is 53.3. The van der Waals surface area contributed by atoms with Crippen molar-refractivity contribution in [3.63, 3.8) is 0 Å². The van der Waals surface area contributed by atoms with Crippen LogP contribution in [0.3, 0.4) is 0 Å². The summed E-state index contributed by atoms with van der Waals surface area (Å²) in [6.45, 7) is 39.2. The first-order chi connectivity index (χ1) is 31.8. The normalized spacial score (nSPS) is 12.8. The summed E-state index contributed by atoms with van der Waals surface area (Å²) in [5, 5.41) is 24.5. The Kier molecular flexibility index (Phi) is 15.1. The van der Waals surface area contributed by atoms with E-state index in [0.717, 1.165) is 22.3 Å². The summed E-state index contributed by atoms with van der Waals surface area (Å²) < 4.78 is 44.8. The third kappa shape index (κ3) is 11.8. The average molecular weight is 998 g/mol. The van der Waals surface area contributed by atoms with Crippen LogP contribution in [0.4, 0.5) is 8.78 Å². The molecule has 6 aromatic carbocycles. The maximum absolute atomic E-state index is 15.4. The van der Waals surface area contributed by atoms with Gasteiger partial charge >= 0.3 is 418 Å². The molecule has 6 aromatic rings.